The van der Waals surface area contributed by atoms with E-state index < -0.39 is 0 Å². The molecule has 1 aromatic heterocycles. The van der Waals surface area contributed by atoms with Crippen molar-refractivity contribution in [2.24, 2.45) is 5.92 Å². The molecule has 28 heavy (non-hydrogen) atoms. The Labute approximate surface area is 166 Å². The lowest BCUT2D eigenvalue weighted by Crippen LogP contribution is -2.38. The third-order valence-corrected chi connectivity index (χ3v) is 5.46. The van der Waals surface area contributed by atoms with Crippen LogP contribution in [0.3, 0.4) is 0 Å². The van der Waals surface area contributed by atoms with Crippen LogP contribution >= 0.6 is 0 Å². The number of fused-ring (bicyclic) bond motifs is 1. The van der Waals surface area contributed by atoms with Gasteiger partial charge in [-0.15, -0.1) is 0 Å². The van der Waals surface area contributed by atoms with E-state index in [0.717, 1.165) is 59.4 Å². The summed E-state index contributed by atoms with van der Waals surface area (Å²) < 4.78 is 5.64. The van der Waals surface area contributed by atoms with E-state index in [1.54, 1.807) is 0 Å². The number of carbonyl (C=O) groups excluding carboxylic acids is 1. The van der Waals surface area contributed by atoms with E-state index in [0.29, 0.717) is 12.5 Å². The molecule has 0 bridgehead atoms. The Hall–Kier alpha value is -2.88. The number of hydrogen-bond acceptors (Lipinski definition) is 3. The van der Waals surface area contributed by atoms with E-state index in [9.17, 15) is 4.79 Å². The molecule has 4 rings (SSSR count). The lowest BCUT2D eigenvalue weighted by molar-refractivity contribution is 0.0699. The van der Waals surface area contributed by atoms with E-state index in [4.69, 9.17) is 9.72 Å². The number of para-hydroxylation sites is 1. The summed E-state index contributed by atoms with van der Waals surface area (Å²) in [5.74, 6) is 1.61. The Morgan fingerprint density at radius 3 is 2.68 bits per heavy atom. The molecule has 3 aromatic rings. The van der Waals surface area contributed by atoms with Crippen LogP contribution in [0.4, 0.5) is 0 Å². The Bertz CT molecular complexity index is 991. The Kier molecular flexibility index (Phi) is 5.29. The first-order chi connectivity index (χ1) is 13.7. The van der Waals surface area contributed by atoms with Gasteiger partial charge in [0.15, 0.2) is 0 Å². The van der Waals surface area contributed by atoms with Crippen LogP contribution in [0.15, 0.2) is 54.6 Å². The number of piperidine rings is 1. The van der Waals surface area contributed by atoms with Crippen LogP contribution in [0.25, 0.3) is 22.2 Å². The number of pyridine rings is 1. The molecular formula is C24H26N2O2. The summed E-state index contributed by atoms with van der Waals surface area (Å²) in [7, 11) is 0. The summed E-state index contributed by atoms with van der Waals surface area (Å²) in [4.78, 5) is 20.2. The molecule has 2 heterocycles. The summed E-state index contributed by atoms with van der Waals surface area (Å²) in [6, 6.07) is 17.7. The van der Waals surface area contributed by atoms with Gasteiger partial charge in [0.2, 0.25) is 0 Å². The summed E-state index contributed by atoms with van der Waals surface area (Å²) >= 11 is 0. The number of carbonyl (C=O) groups is 1. The number of aromatic nitrogens is 1. The molecule has 0 saturated carbocycles. The molecule has 0 unspecified atom stereocenters. The summed E-state index contributed by atoms with van der Waals surface area (Å²) in [6.07, 6.45) is 2.13. The van der Waals surface area contributed by atoms with Crippen molar-refractivity contribution in [2.75, 3.05) is 19.7 Å². The van der Waals surface area contributed by atoms with E-state index >= 15 is 0 Å². The van der Waals surface area contributed by atoms with Gasteiger partial charge in [0.05, 0.1) is 23.4 Å². The van der Waals surface area contributed by atoms with Gasteiger partial charge >= 0.3 is 0 Å². The van der Waals surface area contributed by atoms with Crippen molar-refractivity contribution in [3.8, 4) is 17.0 Å². The van der Waals surface area contributed by atoms with Crippen LogP contribution in [0, 0.1) is 5.92 Å². The van der Waals surface area contributed by atoms with Crippen molar-refractivity contribution in [1.82, 2.24) is 9.88 Å². The fraction of sp³-hybridized carbons (Fsp3) is 0.333. The van der Waals surface area contributed by atoms with E-state index in [2.05, 4.69) is 6.92 Å². The number of likely N-dealkylation sites (tertiary alicyclic amines) is 1. The summed E-state index contributed by atoms with van der Waals surface area (Å²) in [6.45, 7) is 6.49. The van der Waals surface area contributed by atoms with Crippen LogP contribution in [0.1, 0.15) is 37.0 Å². The minimum atomic E-state index is 0.104. The second kappa shape index (κ2) is 8.01. The van der Waals surface area contributed by atoms with E-state index in [-0.39, 0.29) is 5.91 Å². The maximum atomic E-state index is 13.3. The molecule has 1 aliphatic rings. The maximum Gasteiger partial charge on any atom is 0.254 e. The van der Waals surface area contributed by atoms with Gasteiger partial charge in [0.1, 0.15) is 5.75 Å². The van der Waals surface area contributed by atoms with Gasteiger partial charge in [-0.05, 0) is 49.9 Å². The third kappa shape index (κ3) is 3.72. The molecular weight excluding hydrogens is 348 g/mol. The quantitative estimate of drug-likeness (QED) is 0.632. The topological polar surface area (TPSA) is 42.4 Å². The van der Waals surface area contributed by atoms with Crippen molar-refractivity contribution in [2.45, 2.75) is 26.7 Å². The van der Waals surface area contributed by atoms with Crippen LogP contribution in [0.5, 0.6) is 5.75 Å². The van der Waals surface area contributed by atoms with Gasteiger partial charge in [-0.25, -0.2) is 4.98 Å². The zero-order valence-corrected chi connectivity index (χ0v) is 16.5. The monoisotopic (exact) mass is 374 g/mol. The molecule has 1 saturated heterocycles. The number of amides is 1. The van der Waals surface area contributed by atoms with Gasteiger partial charge in [0, 0.05) is 24.0 Å². The lowest BCUT2D eigenvalue weighted by Gasteiger charge is -2.30. The molecule has 1 aliphatic heterocycles. The molecule has 1 fully saturated rings. The fourth-order valence-corrected chi connectivity index (χ4v) is 3.79. The average Bonchev–Trinajstić information content (AvgIpc) is 2.73. The zero-order valence-electron chi connectivity index (χ0n) is 16.5. The Morgan fingerprint density at radius 1 is 1.11 bits per heavy atom. The average molecular weight is 374 g/mol. The molecule has 4 heteroatoms. The summed E-state index contributed by atoms with van der Waals surface area (Å²) in [5.41, 5.74) is 3.33. The fourth-order valence-electron chi connectivity index (χ4n) is 3.79. The minimum Gasteiger partial charge on any atom is -0.494 e. The van der Waals surface area contributed by atoms with Gasteiger partial charge in [-0.1, -0.05) is 37.3 Å². The van der Waals surface area contributed by atoms with Crippen molar-refractivity contribution in [3.63, 3.8) is 0 Å². The van der Waals surface area contributed by atoms with E-state index in [1.165, 1.54) is 0 Å². The molecule has 0 spiro atoms. The second-order valence-electron chi connectivity index (χ2n) is 7.51. The maximum absolute atomic E-state index is 13.3. The zero-order chi connectivity index (χ0) is 19.5. The van der Waals surface area contributed by atoms with Gasteiger partial charge in [0.25, 0.3) is 5.91 Å². The molecule has 0 radical (unpaired) electrons. The highest BCUT2D eigenvalue weighted by molar-refractivity contribution is 6.07. The third-order valence-electron chi connectivity index (χ3n) is 5.46. The lowest BCUT2D eigenvalue weighted by atomic mass is 9.97. The van der Waals surface area contributed by atoms with Crippen LogP contribution < -0.4 is 4.74 Å². The Morgan fingerprint density at radius 2 is 1.89 bits per heavy atom. The smallest absolute Gasteiger partial charge is 0.254 e. The van der Waals surface area contributed by atoms with Crippen LogP contribution in [0.2, 0.25) is 0 Å². The minimum absolute atomic E-state index is 0.104. The normalized spacial score (nSPS) is 15.0. The first-order valence-corrected chi connectivity index (χ1v) is 10.1. The molecule has 0 N–H and O–H groups in total. The van der Waals surface area contributed by atoms with Crippen LogP contribution in [-0.4, -0.2) is 35.5 Å². The van der Waals surface area contributed by atoms with Gasteiger partial charge in [-0.2, -0.15) is 0 Å². The largest absolute Gasteiger partial charge is 0.494 e. The molecule has 2 aromatic carbocycles. The summed E-state index contributed by atoms with van der Waals surface area (Å²) in [5, 5.41) is 0.913. The highest BCUT2D eigenvalue weighted by Gasteiger charge is 2.23. The number of benzene rings is 2. The highest BCUT2D eigenvalue weighted by Crippen LogP contribution is 2.29. The molecule has 1 amide bonds. The molecule has 144 valence electrons. The Balaban J connectivity index is 1.77. The predicted molar refractivity (Wildman–Crippen MR) is 113 cm³/mol. The first-order valence-electron chi connectivity index (χ1n) is 10.1. The number of rotatable bonds is 4. The SMILES string of the molecule is CCOc1cccc(-c2cc(C(=O)N3CCC(C)CC3)c3ccccc3n2)c1. The molecule has 0 aliphatic carbocycles. The first kappa shape index (κ1) is 18.5. The number of ether oxygens (including phenoxy) is 1. The molecule has 4 nitrogen and oxygen atoms in total. The van der Waals surface area contributed by atoms with Gasteiger partial charge < -0.3 is 9.64 Å². The number of hydrogen-bond donors (Lipinski definition) is 0. The van der Waals surface area contributed by atoms with Gasteiger partial charge in [-0.3, -0.25) is 4.79 Å². The second-order valence-corrected chi connectivity index (χ2v) is 7.51. The van der Waals surface area contributed by atoms with E-state index in [1.807, 2.05) is 66.4 Å². The van der Waals surface area contributed by atoms with Crippen molar-refractivity contribution in [3.05, 3.63) is 60.2 Å². The highest BCUT2D eigenvalue weighted by atomic mass is 16.5. The van der Waals surface area contributed by atoms with Crippen molar-refractivity contribution in [1.29, 1.82) is 0 Å². The molecule has 0 atom stereocenters. The predicted octanol–water partition coefficient (Wildman–Crippen LogP) is 5.17. The van der Waals surface area contributed by atoms with Crippen molar-refractivity contribution >= 4 is 16.8 Å². The number of nitrogens with zero attached hydrogens (tertiary/aromatic N) is 2. The standard InChI is InChI=1S/C24H26N2O2/c1-3-28-19-8-6-7-18(15-19)23-16-21(20-9-4-5-10-22(20)25-23)24(27)26-13-11-17(2)12-14-26/h4-10,15-17H,3,11-14H2,1-2H3. The van der Waals surface area contributed by atoms with Crippen molar-refractivity contribution < 1.29 is 9.53 Å². The van der Waals surface area contributed by atoms with Crippen LogP contribution in [-0.2, 0) is 0 Å².